The van der Waals surface area contributed by atoms with E-state index in [2.05, 4.69) is 26.8 Å². The molecule has 1 heteroatoms. The van der Waals surface area contributed by atoms with Gasteiger partial charge in [0.2, 0.25) is 0 Å². The first-order valence-corrected chi connectivity index (χ1v) is 7.26. The lowest BCUT2D eigenvalue weighted by atomic mass is 9.74. The maximum atomic E-state index is 11.5. The van der Waals surface area contributed by atoms with Crippen molar-refractivity contribution < 1.29 is 4.79 Å². The average molecular weight is 236 g/mol. The summed E-state index contributed by atoms with van der Waals surface area (Å²) in [4.78, 5) is 11.5. The van der Waals surface area contributed by atoms with Crippen LogP contribution in [0.3, 0.4) is 0 Å². The van der Waals surface area contributed by atoms with Gasteiger partial charge in [-0.25, -0.2) is 0 Å². The fourth-order valence-electron chi connectivity index (χ4n) is 2.94. The van der Waals surface area contributed by atoms with Crippen molar-refractivity contribution in [3.63, 3.8) is 0 Å². The van der Waals surface area contributed by atoms with Crippen LogP contribution in [0.15, 0.2) is 11.6 Å². The van der Waals surface area contributed by atoms with Crippen LogP contribution in [0.25, 0.3) is 0 Å². The number of ketones is 1. The molecule has 1 saturated carbocycles. The zero-order chi connectivity index (χ0) is 12.7. The van der Waals surface area contributed by atoms with E-state index < -0.39 is 0 Å². The van der Waals surface area contributed by atoms with E-state index in [-0.39, 0.29) is 5.41 Å². The average Bonchev–Trinajstić information content (AvgIpc) is 2.23. The van der Waals surface area contributed by atoms with Crippen LogP contribution >= 0.6 is 0 Å². The van der Waals surface area contributed by atoms with Gasteiger partial charge in [-0.1, -0.05) is 44.8 Å². The topological polar surface area (TPSA) is 17.1 Å². The SMILES string of the molecule is CCCCCC/C(C)=C/C1(C)CCCC(=O)C1. The molecule has 0 bridgehead atoms. The minimum atomic E-state index is 0.157. The van der Waals surface area contributed by atoms with E-state index in [4.69, 9.17) is 0 Å². The molecular formula is C16H28O. The summed E-state index contributed by atoms with van der Waals surface area (Å²) in [7, 11) is 0. The van der Waals surface area contributed by atoms with Gasteiger partial charge in [-0.2, -0.15) is 0 Å². The lowest BCUT2D eigenvalue weighted by molar-refractivity contribution is -0.122. The van der Waals surface area contributed by atoms with Crippen LogP contribution in [-0.2, 0) is 4.79 Å². The molecule has 17 heavy (non-hydrogen) atoms. The predicted octanol–water partition coefficient (Wildman–Crippen LogP) is 5.05. The predicted molar refractivity (Wildman–Crippen MR) is 74.1 cm³/mol. The first-order valence-electron chi connectivity index (χ1n) is 7.26. The number of rotatable bonds is 6. The van der Waals surface area contributed by atoms with Gasteiger partial charge < -0.3 is 0 Å². The Morgan fingerprint density at radius 3 is 2.76 bits per heavy atom. The summed E-state index contributed by atoms with van der Waals surface area (Å²) in [5.74, 6) is 0.453. The van der Waals surface area contributed by atoms with Crippen LogP contribution < -0.4 is 0 Å². The van der Waals surface area contributed by atoms with E-state index in [1.54, 1.807) is 0 Å². The normalized spacial score (nSPS) is 26.3. The minimum absolute atomic E-state index is 0.157. The molecule has 0 heterocycles. The number of carbonyl (C=O) groups is 1. The number of hydrogen-bond acceptors (Lipinski definition) is 1. The Labute approximate surface area is 107 Å². The zero-order valence-electron chi connectivity index (χ0n) is 11.8. The van der Waals surface area contributed by atoms with Crippen LogP contribution in [0, 0.1) is 5.41 Å². The molecule has 0 aromatic heterocycles. The van der Waals surface area contributed by atoms with Gasteiger partial charge >= 0.3 is 0 Å². The van der Waals surface area contributed by atoms with E-state index in [0.29, 0.717) is 5.78 Å². The van der Waals surface area contributed by atoms with Gasteiger partial charge in [-0.15, -0.1) is 0 Å². The summed E-state index contributed by atoms with van der Waals surface area (Å²) >= 11 is 0. The molecule has 98 valence electrons. The number of hydrogen-bond donors (Lipinski definition) is 0. The highest BCUT2D eigenvalue weighted by molar-refractivity contribution is 5.80. The molecule has 0 saturated heterocycles. The molecule has 0 aromatic carbocycles. The second kappa shape index (κ2) is 6.98. The first-order chi connectivity index (χ1) is 8.06. The maximum Gasteiger partial charge on any atom is 0.133 e. The Morgan fingerprint density at radius 2 is 2.12 bits per heavy atom. The number of Topliss-reactive ketones (excluding diaryl/α,β-unsaturated/α-hetero) is 1. The Hall–Kier alpha value is -0.590. The number of carbonyl (C=O) groups excluding carboxylic acids is 1. The lowest BCUT2D eigenvalue weighted by Gasteiger charge is -2.30. The molecule has 0 spiro atoms. The van der Waals surface area contributed by atoms with Crippen LogP contribution in [0.2, 0.25) is 0 Å². The van der Waals surface area contributed by atoms with Crippen LogP contribution in [0.1, 0.15) is 78.6 Å². The first kappa shape index (κ1) is 14.5. The van der Waals surface area contributed by atoms with Crippen molar-refractivity contribution in [1.82, 2.24) is 0 Å². The van der Waals surface area contributed by atoms with Crippen molar-refractivity contribution in [3.8, 4) is 0 Å². The van der Waals surface area contributed by atoms with Gasteiger partial charge in [0.25, 0.3) is 0 Å². The van der Waals surface area contributed by atoms with Crippen molar-refractivity contribution in [2.45, 2.75) is 78.6 Å². The standard InChI is InChI=1S/C16H28O/c1-4-5-6-7-9-14(2)12-16(3)11-8-10-15(17)13-16/h12H,4-11,13H2,1-3H3/b14-12+. The van der Waals surface area contributed by atoms with Crippen molar-refractivity contribution in [2.75, 3.05) is 0 Å². The fraction of sp³-hybridized carbons (Fsp3) is 0.812. The smallest absolute Gasteiger partial charge is 0.133 e. The van der Waals surface area contributed by atoms with Crippen molar-refractivity contribution in [1.29, 1.82) is 0 Å². The third-order valence-electron chi connectivity index (χ3n) is 3.82. The van der Waals surface area contributed by atoms with E-state index in [1.165, 1.54) is 44.1 Å². The molecule has 0 aromatic rings. The van der Waals surface area contributed by atoms with Crippen molar-refractivity contribution in [3.05, 3.63) is 11.6 Å². The van der Waals surface area contributed by atoms with Crippen LogP contribution in [0.5, 0.6) is 0 Å². The Kier molecular flexibility index (Phi) is 5.94. The molecule has 0 radical (unpaired) electrons. The second-order valence-electron chi connectivity index (χ2n) is 6.02. The molecule has 1 nitrogen and oxygen atoms in total. The number of allylic oxidation sites excluding steroid dienone is 2. The lowest BCUT2D eigenvalue weighted by Crippen LogP contribution is -2.24. The van der Waals surface area contributed by atoms with E-state index >= 15 is 0 Å². The summed E-state index contributed by atoms with van der Waals surface area (Å²) in [6.45, 7) is 6.73. The molecule has 0 amide bonds. The van der Waals surface area contributed by atoms with E-state index in [9.17, 15) is 4.79 Å². The summed E-state index contributed by atoms with van der Waals surface area (Å²) in [6, 6.07) is 0. The minimum Gasteiger partial charge on any atom is -0.300 e. The molecule has 1 fully saturated rings. The molecule has 1 atom stereocenters. The Morgan fingerprint density at radius 1 is 1.35 bits per heavy atom. The van der Waals surface area contributed by atoms with Gasteiger partial charge in [-0.05, 0) is 38.0 Å². The van der Waals surface area contributed by atoms with Gasteiger partial charge in [0.15, 0.2) is 0 Å². The molecule has 0 aliphatic heterocycles. The molecular weight excluding hydrogens is 208 g/mol. The maximum absolute atomic E-state index is 11.5. The third kappa shape index (κ3) is 5.52. The summed E-state index contributed by atoms with van der Waals surface area (Å²) in [5.41, 5.74) is 1.64. The van der Waals surface area contributed by atoms with Crippen molar-refractivity contribution in [2.24, 2.45) is 5.41 Å². The largest absolute Gasteiger partial charge is 0.300 e. The molecule has 1 aliphatic carbocycles. The van der Waals surface area contributed by atoms with Crippen molar-refractivity contribution >= 4 is 5.78 Å². The molecule has 1 unspecified atom stereocenters. The molecule has 0 N–H and O–H groups in total. The third-order valence-corrected chi connectivity index (χ3v) is 3.82. The highest BCUT2D eigenvalue weighted by atomic mass is 16.1. The summed E-state index contributed by atoms with van der Waals surface area (Å²) in [6.07, 6.45) is 12.7. The monoisotopic (exact) mass is 236 g/mol. The van der Waals surface area contributed by atoms with Crippen LogP contribution in [-0.4, -0.2) is 5.78 Å². The fourth-order valence-corrected chi connectivity index (χ4v) is 2.94. The highest BCUT2D eigenvalue weighted by Gasteiger charge is 2.28. The van der Waals surface area contributed by atoms with Gasteiger partial charge in [0.05, 0.1) is 0 Å². The zero-order valence-corrected chi connectivity index (χ0v) is 11.8. The highest BCUT2D eigenvalue weighted by Crippen LogP contribution is 2.36. The quantitative estimate of drug-likeness (QED) is 0.466. The van der Waals surface area contributed by atoms with E-state index in [1.807, 2.05) is 0 Å². The van der Waals surface area contributed by atoms with E-state index in [0.717, 1.165) is 19.3 Å². The second-order valence-corrected chi connectivity index (χ2v) is 6.02. The Balaban J connectivity index is 2.40. The van der Waals surface area contributed by atoms with Crippen LogP contribution in [0.4, 0.5) is 0 Å². The molecule has 1 rings (SSSR count). The Bertz CT molecular complexity index is 277. The van der Waals surface area contributed by atoms with Gasteiger partial charge in [0, 0.05) is 12.8 Å². The van der Waals surface area contributed by atoms with Gasteiger partial charge in [0.1, 0.15) is 5.78 Å². The molecule has 1 aliphatic rings. The number of unbranched alkanes of at least 4 members (excludes halogenated alkanes) is 3. The summed E-state index contributed by atoms with van der Waals surface area (Å²) in [5, 5.41) is 0. The summed E-state index contributed by atoms with van der Waals surface area (Å²) < 4.78 is 0. The van der Waals surface area contributed by atoms with Gasteiger partial charge in [-0.3, -0.25) is 4.79 Å².